The number of halogens is 1. The van der Waals surface area contributed by atoms with E-state index in [1.54, 1.807) is 48.5 Å². The summed E-state index contributed by atoms with van der Waals surface area (Å²) in [5, 5.41) is 4.02. The highest BCUT2D eigenvalue weighted by Crippen LogP contribution is 2.25. The van der Waals surface area contributed by atoms with Crippen molar-refractivity contribution in [1.29, 1.82) is 0 Å². The summed E-state index contributed by atoms with van der Waals surface area (Å²) in [5.41, 5.74) is 4.14. The lowest BCUT2D eigenvalue weighted by molar-refractivity contribution is 0.102. The molecule has 0 aliphatic carbocycles. The van der Waals surface area contributed by atoms with E-state index in [4.69, 9.17) is 16.0 Å². The Bertz CT molecular complexity index is 1290. The van der Waals surface area contributed by atoms with E-state index < -0.39 is 0 Å². The fourth-order valence-electron chi connectivity index (χ4n) is 3.14. The summed E-state index contributed by atoms with van der Waals surface area (Å²) in [6, 6.07) is 19.3. The molecule has 3 aromatic carbocycles. The summed E-state index contributed by atoms with van der Waals surface area (Å²) in [6.45, 7) is 3.78. The highest BCUT2D eigenvalue weighted by Gasteiger charge is 2.11. The van der Waals surface area contributed by atoms with E-state index in [0.29, 0.717) is 33.0 Å². The fraction of sp³-hybridized carbons (Fsp3) is 0.0833. The average Bonchev–Trinajstić information content (AvgIpc) is 2.72. The molecule has 0 unspecified atom stereocenters. The zero-order valence-corrected chi connectivity index (χ0v) is 16.7. The maximum absolute atomic E-state index is 12.6. The van der Waals surface area contributed by atoms with Gasteiger partial charge in [0, 0.05) is 27.9 Å². The number of carbonyl (C=O) groups excluding carboxylic acids is 1. The van der Waals surface area contributed by atoms with Crippen LogP contribution in [0.15, 0.2) is 75.9 Å². The van der Waals surface area contributed by atoms with Crippen LogP contribution in [-0.4, -0.2) is 5.91 Å². The monoisotopic (exact) mass is 403 g/mol. The Kier molecular flexibility index (Phi) is 4.95. The van der Waals surface area contributed by atoms with Gasteiger partial charge in [0.1, 0.15) is 11.3 Å². The molecule has 5 heteroatoms. The second-order valence-corrected chi connectivity index (χ2v) is 7.33. The van der Waals surface area contributed by atoms with Crippen LogP contribution in [0.5, 0.6) is 0 Å². The second-order valence-electron chi connectivity index (χ2n) is 6.92. The van der Waals surface area contributed by atoms with Crippen molar-refractivity contribution in [3.8, 4) is 11.3 Å². The van der Waals surface area contributed by atoms with Gasteiger partial charge < -0.3 is 9.73 Å². The maximum atomic E-state index is 12.6. The standard InChI is InChI=1S/C24H18ClNO3/c1-14-6-11-22-18(12-14)21(27)13-23(29-22)16-7-9-17(10-8-16)24(28)26-20-5-3-4-19(25)15(20)2/h3-13H,1-2H3,(H,26,28). The molecular formula is C24H18ClNO3. The van der Waals surface area contributed by atoms with Crippen LogP contribution in [0.1, 0.15) is 21.5 Å². The van der Waals surface area contributed by atoms with Crippen molar-refractivity contribution in [2.24, 2.45) is 0 Å². The maximum Gasteiger partial charge on any atom is 0.255 e. The van der Waals surface area contributed by atoms with E-state index in [2.05, 4.69) is 5.32 Å². The molecule has 0 aliphatic heterocycles. The van der Waals surface area contributed by atoms with Crippen LogP contribution in [0.3, 0.4) is 0 Å². The van der Waals surface area contributed by atoms with E-state index >= 15 is 0 Å². The van der Waals surface area contributed by atoms with Crippen LogP contribution in [0.4, 0.5) is 5.69 Å². The largest absolute Gasteiger partial charge is 0.456 e. The number of fused-ring (bicyclic) bond motifs is 1. The van der Waals surface area contributed by atoms with Gasteiger partial charge in [-0.1, -0.05) is 41.4 Å². The van der Waals surface area contributed by atoms with Crippen LogP contribution >= 0.6 is 11.6 Å². The Morgan fingerprint density at radius 3 is 2.48 bits per heavy atom. The molecule has 1 N–H and O–H groups in total. The second kappa shape index (κ2) is 7.57. The molecule has 1 amide bonds. The molecule has 4 aromatic rings. The third-order valence-electron chi connectivity index (χ3n) is 4.83. The van der Waals surface area contributed by atoms with Crippen molar-refractivity contribution in [2.45, 2.75) is 13.8 Å². The van der Waals surface area contributed by atoms with Crippen LogP contribution in [0, 0.1) is 13.8 Å². The van der Waals surface area contributed by atoms with Gasteiger partial charge in [-0.15, -0.1) is 0 Å². The number of aryl methyl sites for hydroxylation is 1. The van der Waals surface area contributed by atoms with E-state index in [1.807, 2.05) is 26.0 Å². The van der Waals surface area contributed by atoms with Gasteiger partial charge in [-0.25, -0.2) is 0 Å². The highest BCUT2D eigenvalue weighted by molar-refractivity contribution is 6.31. The molecule has 1 aromatic heterocycles. The van der Waals surface area contributed by atoms with Crippen molar-refractivity contribution < 1.29 is 9.21 Å². The minimum atomic E-state index is -0.239. The van der Waals surface area contributed by atoms with Gasteiger partial charge in [0.05, 0.1) is 5.39 Å². The van der Waals surface area contributed by atoms with Crippen molar-refractivity contribution in [3.63, 3.8) is 0 Å². The lowest BCUT2D eigenvalue weighted by atomic mass is 10.1. The Labute approximate surface area is 172 Å². The lowest BCUT2D eigenvalue weighted by Crippen LogP contribution is -2.12. The van der Waals surface area contributed by atoms with Gasteiger partial charge in [-0.2, -0.15) is 0 Å². The number of benzene rings is 3. The molecule has 0 spiro atoms. The average molecular weight is 404 g/mol. The smallest absolute Gasteiger partial charge is 0.255 e. The third kappa shape index (κ3) is 3.80. The molecule has 0 saturated carbocycles. The zero-order chi connectivity index (χ0) is 20.5. The van der Waals surface area contributed by atoms with Gasteiger partial charge >= 0.3 is 0 Å². The van der Waals surface area contributed by atoms with E-state index in [9.17, 15) is 9.59 Å². The van der Waals surface area contributed by atoms with Gasteiger partial charge in [-0.3, -0.25) is 9.59 Å². The summed E-state index contributed by atoms with van der Waals surface area (Å²) in [7, 11) is 0. The minimum absolute atomic E-state index is 0.0943. The van der Waals surface area contributed by atoms with Crippen molar-refractivity contribution in [3.05, 3.63) is 98.7 Å². The first-order valence-corrected chi connectivity index (χ1v) is 9.51. The van der Waals surface area contributed by atoms with E-state index in [1.165, 1.54) is 6.07 Å². The Morgan fingerprint density at radius 2 is 1.72 bits per heavy atom. The molecule has 4 nitrogen and oxygen atoms in total. The molecule has 0 fully saturated rings. The summed E-state index contributed by atoms with van der Waals surface area (Å²) >= 11 is 6.11. The van der Waals surface area contributed by atoms with Crippen LogP contribution in [0.25, 0.3) is 22.3 Å². The van der Waals surface area contributed by atoms with Gasteiger partial charge in [0.15, 0.2) is 5.43 Å². The molecule has 0 bridgehead atoms. The third-order valence-corrected chi connectivity index (χ3v) is 5.24. The zero-order valence-electron chi connectivity index (χ0n) is 16.0. The first kappa shape index (κ1) is 19.0. The van der Waals surface area contributed by atoms with Gasteiger partial charge in [0.25, 0.3) is 5.91 Å². The Morgan fingerprint density at radius 1 is 0.966 bits per heavy atom. The highest BCUT2D eigenvalue weighted by atomic mass is 35.5. The number of hydrogen-bond donors (Lipinski definition) is 1. The van der Waals surface area contributed by atoms with E-state index in [0.717, 1.165) is 16.7 Å². The van der Waals surface area contributed by atoms with Crippen molar-refractivity contribution >= 4 is 34.2 Å². The van der Waals surface area contributed by atoms with Crippen molar-refractivity contribution in [2.75, 3.05) is 5.32 Å². The number of anilines is 1. The molecule has 144 valence electrons. The molecule has 4 rings (SSSR count). The fourth-order valence-corrected chi connectivity index (χ4v) is 3.31. The molecule has 0 saturated heterocycles. The summed E-state index contributed by atoms with van der Waals surface area (Å²) < 4.78 is 5.89. The topological polar surface area (TPSA) is 59.3 Å². The first-order valence-electron chi connectivity index (χ1n) is 9.14. The normalized spacial score (nSPS) is 10.9. The van der Waals surface area contributed by atoms with Crippen molar-refractivity contribution in [1.82, 2.24) is 0 Å². The predicted molar refractivity (Wildman–Crippen MR) is 117 cm³/mol. The van der Waals surface area contributed by atoms with Crippen LogP contribution < -0.4 is 10.7 Å². The number of hydrogen-bond acceptors (Lipinski definition) is 3. The Hall–Kier alpha value is -3.37. The van der Waals surface area contributed by atoms with E-state index in [-0.39, 0.29) is 11.3 Å². The number of nitrogens with one attached hydrogen (secondary N) is 1. The van der Waals surface area contributed by atoms with Gasteiger partial charge in [0.2, 0.25) is 0 Å². The number of amides is 1. The number of carbonyl (C=O) groups is 1. The molecule has 1 heterocycles. The molecule has 0 atom stereocenters. The summed E-state index contributed by atoms with van der Waals surface area (Å²) in [5.74, 6) is 0.223. The summed E-state index contributed by atoms with van der Waals surface area (Å²) in [4.78, 5) is 25.0. The lowest BCUT2D eigenvalue weighted by Gasteiger charge is -2.10. The number of rotatable bonds is 3. The predicted octanol–water partition coefficient (Wildman–Crippen LogP) is 5.98. The SMILES string of the molecule is Cc1ccc2oc(-c3ccc(C(=O)Nc4cccc(Cl)c4C)cc3)cc(=O)c2c1. The van der Waals surface area contributed by atoms with Gasteiger partial charge in [-0.05, 0) is 55.8 Å². The Balaban J connectivity index is 1.62. The molecular weight excluding hydrogens is 386 g/mol. The van der Waals surface area contributed by atoms with Crippen LogP contribution in [-0.2, 0) is 0 Å². The quantitative estimate of drug-likeness (QED) is 0.457. The molecule has 29 heavy (non-hydrogen) atoms. The molecule has 0 aliphatic rings. The summed E-state index contributed by atoms with van der Waals surface area (Å²) in [6.07, 6.45) is 0. The molecule has 0 radical (unpaired) electrons. The van der Waals surface area contributed by atoms with Crippen LogP contribution in [0.2, 0.25) is 5.02 Å². The minimum Gasteiger partial charge on any atom is -0.456 e. The first-order chi connectivity index (χ1) is 13.9.